The van der Waals surface area contributed by atoms with Gasteiger partial charge in [0.1, 0.15) is 18.1 Å². The summed E-state index contributed by atoms with van der Waals surface area (Å²) in [5, 5.41) is 0. The quantitative estimate of drug-likeness (QED) is 0.760. The lowest BCUT2D eigenvalue weighted by Crippen LogP contribution is -2.25. The average Bonchev–Trinajstić information content (AvgIpc) is 2.62. The van der Waals surface area contributed by atoms with E-state index in [2.05, 4.69) is 22.6 Å². The lowest BCUT2D eigenvalue weighted by atomic mass is 9.86. The van der Waals surface area contributed by atoms with Crippen molar-refractivity contribution in [3.8, 4) is 5.75 Å². The molecule has 0 fully saturated rings. The Kier molecular flexibility index (Phi) is 4.99. The molecule has 1 aliphatic heterocycles. The van der Waals surface area contributed by atoms with E-state index in [4.69, 9.17) is 9.47 Å². The van der Waals surface area contributed by atoms with Gasteiger partial charge in [0.2, 0.25) is 0 Å². The number of hydrogen-bond acceptors (Lipinski definition) is 3. The van der Waals surface area contributed by atoms with E-state index in [1.165, 1.54) is 0 Å². The Morgan fingerprint density at radius 2 is 2.26 bits per heavy atom. The highest BCUT2D eigenvalue weighted by atomic mass is 127. The van der Waals surface area contributed by atoms with Crippen LogP contribution >= 0.6 is 22.6 Å². The number of ether oxygens (including phenoxy) is 2. The van der Waals surface area contributed by atoms with Crippen molar-refractivity contribution in [3.63, 3.8) is 0 Å². The molecule has 0 bridgehead atoms. The predicted molar refractivity (Wildman–Crippen MR) is 82.6 cm³/mol. The van der Waals surface area contributed by atoms with Crippen LogP contribution in [0.5, 0.6) is 5.75 Å². The van der Waals surface area contributed by atoms with Gasteiger partial charge in [-0.15, -0.1) is 0 Å². The Bertz CT molecular complexity index is 496. The van der Waals surface area contributed by atoms with Crippen LogP contribution in [0.4, 0.5) is 0 Å². The number of para-hydroxylation sites is 1. The van der Waals surface area contributed by atoms with Gasteiger partial charge in [-0.3, -0.25) is 4.79 Å². The fourth-order valence-corrected chi connectivity index (χ4v) is 3.00. The summed E-state index contributed by atoms with van der Waals surface area (Å²) in [7, 11) is 1.65. The summed E-state index contributed by atoms with van der Waals surface area (Å²) in [5.74, 6) is 0.738. The smallest absolute Gasteiger partial charge is 0.142 e. The van der Waals surface area contributed by atoms with Crippen molar-refractivity contribution in [2.24, 2.45) is 5.92 Å². The molecule has 0 aliphatic carbocycles. The van der Waals surface area contributed by atoms with E-state index >= 15 is 0 Å². The maximum Gasteiger partial charge on any atom is 0.142 e. The lowest BCUT2D eigenvalue weighted by molar-refractivity contribution is -0.125. The molecule has 3 nitrogen and oxygen atoms in total. The minimum Gasteiger partial charge on any atom is -0.489 e. The number of rotatable bonds is 3. The Morgan fingerprint density at radius 3 is 2.89 bits per heavy atom. The summed E-state index contributed by atoms with van der Waals surface area (Å²) in [6.45, 7) is 2.33. The molecule has 4 heteroatoms. The molecule has 1 aromatic carbocycles. The maximum atomic E-state index is 12.3. The highest BCUT2D eigenvalue weighted by molar-refractivity contribution is 14.1. The Balaban J connectivity index is 2.52. The van der Waals surface area contributed by atoms with Crippen LogP contribution in [-0.4, -0.2) is 19.5 Å². The molecule has 19 heavy (non-hydrogen) atoms. The third-order valence-corrected chi connectivity index (χ3v) is 4.21. The van der Waals surface area contributed by atoms with E-state index < -0.39 is 0 Å². The average molecular weight is 372 g/mol. The Hall–Kier alpha value is -0.880. The van der Waals surface area contributed by atoms with Crippen molar-refractivity contribution >= 4 is 28.4 Å². The fraction of sp³-hybridized carbons (Fsp3) is 0.400. The number of halogens is 1. The van der Waals surface area contributed by atoms with Gasteiger partial charge >= 0.3 is 0 Å². The van der Waals surface area contributed by atoms with Crippen LogP contribution in [-0.2, 0) is 9.53 Å². The monoisotopic (exact) mass is 372 g/mol. The van der Waals surface area contributed by atoms with Crippen molar-refractivity contribution in [2.75, 3.05) is 13.7 Å². The van der Waals surface area contributed by atoms with E-state index in [-0.39, 0.29) is 17.8 Å². The van der Waals surface area contributed by atoms with E-state index in [9.17, 15) is 4.79 Å². The second-order valence-electron chi connectivity index (χ2n) is 4.46. The van der Waals surface area contributed by atoms with Gasteiger partial charge in [0.25, 0.3) is 0 Å². The summed E-state index contributed by atoms with van der Waals surface area (Å²) in [6.07, 6.45) is 0.230. The van der Waals surface area contributed by atoms with Crippen molar-refractivity contribution in [3.05, 3.63) is 39.5 Å². The molecule has 2 rings (SSSR count). The molecule has 1 aliphatic rings. The van der Waals surface area contributed by atoms with Gasteiger partial charge < -0.3 is 9.47 Å². The first-order valence-electron chi connectivity index (χ1n) is 6.29. The second kappa shape index (κ2) is 6.52. The zero-order chi connectivity index (χ0) is 13.8. The first kappa shape index (κ1) is 14.5. The zero-order valence-electron chi connectivity index (χ0n) is 11.1. The standard InChI is InChI=1S/C15H17IO3/c1-3-12(17)14-10(8-16)9-19-13-7-5-4-6-11(13)15(14)18-2/h4-8,14-15H,3,9H2,1-2H3/b10-8-. The number of carbonyl (C=O) groups excluding carboxylic acids is 1. The molecular weight excluding hydrogens is 355 g/mol. The number of benzene rings is 1. The highest BCUT2D eigenvalue weighted by Crippen LogP contribution is 2.40. The molecule has 1 aromatic rings. The normalized spacial score (nSPS) is 24.5. The molecule has 0 aromatic heterocycles. The number of hydrogen-bond donors (Lipinski definition) is 0. The molecule has 2 atom stereocenters. The SMILES string of the molecule is CCC(=O)C1/C(=C\I)COc2ccccc2C1OC. The summed E-state index contributed by atoms with van der Waals surface area (Å²) >= 11 is 2.16. The largest absolute Gasteiger partial charge is 0.489 e. The molecule has 0 amide bonds. The van der Waals surface area contributed by atoms with E-state index in [0.717, 1.165) is 16.9 Å². The number of methoxy groups -OCH3 is 1. The minimum absolute atomic E-state index is 0.190. The topological polar surface area (TPSA) is 35.5 Å². The van der Waals surface area contributed by atoms with Gasteiger partial charge in [0, 0.05) is 19.1 Å². The molecule has 0 saturated heterocycles. The van der Waals surface area contributed by atoms with Crippen molar-refractivity contribution in [2.45, 2.75) is 19.4 Å². The van der Waals surface area contributed by atoms with Gasteiger partial charge in [-0.1, -0.05) is 47.7 Å². The lowest BCUT2D eigenvalue weighted by Gasteiger charge is -2.24. The van der Waals surface area contributed by atoms with Crippen LogP contribution in [0.3, 0.4) is 0 Å². The van der Waals surface area contributed by atoms with Crippen LogP contribution in [0, 0.1) is 5.92 Å². The van der Waals surface area contributed by atoms with Crippen LogP contribution in [0.15, 0.2) is 33.9 Å². The minimum atomic E-state index is -0.271. The number of fused-ring (bicyclic) bond motifs is 1. The molecular formula is C15H17IO3. The van der Waals surface area contributed by atoms with Crippen LogP contribution in [0.2, 0.25) is 0 Å². The van der Waals surface area contributed by atoms with Gasteiger partial charge in [-0.2, -0.15) is 0 Å². The molecule has 0 spiro atoms. The third kappa shape index (κ3) is 2.84. The Labute approximate surface area is 127 Å². The van der Waals surface area contributed by atoms with E-state index in [0.29, 0.717) is 13.0 Å². The van der Waals surface area contributed by atoms with E-state index in [1.807, 2.05) is 35.3 Å². The molecule has 0 N–H and O–H groups in total. The highest BCUT2D eigenvalue weighted by Gasteiger charge is 2.35. The molecule has 0 saturated carbocycles. The second-order valence-corrected chi connectivity index (χ2v) is 5.09. The van der Waals surface area contributed by atoms with Crippen molar-refractivity contribution in [1.29, 1.82) is 0 Å². The predicted octanol–water partition coefficient (Wildman–Crippen LogP) is 3.68. The number of carbonyl (C=O) groups is 1. The number of ketones is 1. The molecule has 1 heterocycles. The summed E-state index contributed by atoms with van der Waals surface area (Å²) in [6, 6.07) is 7.77. The van der Waals surface area contributed by atoms with Gasteiger partial charge in [-0.05, 0) is 15.7 Å². The summed E-state index contributed by atoms with van der Waals surface area (Å²) in [4.78, 5) is 12.3. The fourth-order valence-electron chi connectivity index (χ4n) is 2.43. The van der Waals surface area contributed by atoms with Gasteiger partial charge in [0.05, 0.1) is 12.0 Å². The Morgan fingerprint density at radius 1 is 1.53 bits per heavy atom. The van der Waals surface area contributed by atoms with Gasteiger partial charge in [-0.25, -0.2) is 0 Å². The van der Waals surface area contributed by atoms with Crippen molar-refractivity contribution < 1.29 is 14.3 Å². The number of Topliss-reactive ketones (excluding diaryl/α,β-unsaturated/α-hetero) is 1. The third-order valence-electron chi connectivity index (χ3n) is 3.41. The molecule has 102 valence electrons. The maximum absolute atomic E-state index is 12.3. The molecule has 0 radical (unpaired) electrons. The summed E-state index contributed by atoms with van der Waals surface area (Å²) in [5.41, 5.74) is 1.93. The van der Waals surface area contributed by atoms with E-state index in [1.54, 1.807) is 7.11 Å². The van der Waals surface area contributed by atoms with Crippen LogP contribution in [0.25, 0.3) is 0 Å². The van der Waals surface area contributed by atoms with Gasteiger partial charge in [0.15, 0.2) is 0 Å². The molecule has 2 unspecified atom stereocenters. The first-order chi connectivity index (χ1) is 9.22. The first-order valence-corrected chi connectivity index (χ1v) is 7.53. The summed E-state index contributed by atoms with van der Waals surface area (Å²) < 4.78 is 13.4. The van der Waals surface area contributed by atoms with Crippen molar-refractivity contribution in [1.82, 2.24) is 0 Å². The zero-order valence-corrected chi connectivity index (χ0v) is 13.2. The van der Waals surface area contributed by atoms with Crippen LogP contribution < -0.4 is 4.74 Å². The van der Waals surface area contributed by atoms with Crippen LogP contribution in [0.1, 0.15) is 25.0 Å².